The largest absolute Gasteiger partial charge is 0.359 e. The quantitative estimate of drug-likeness (QED) is 0.617. The zero-order valence-corrected chi connectivity index (χ0v) is 8.58. The van der Waals surface area contributed by atoms with Crippen molar-refractivity contribution in [2.45, 2.75) is 25.8 Å². The number of aromatic nitrogens is 1. The van der Waals surface area contributed by atoms with Crippen LogP contribution in [0.4, 0.5) is 10.1 Å². The van der Waals surface area contributed by atoms with Crippen molar-refractivity contribution in [3.63, 3.8) is 0 Å². The molecule has 6 heteroatoms. The van der Waals surface area contributed by atoms with E-state index >= 15 is 0 Å². The van der Waals surface area contributed by atoms with Crippen molar-refractivity contribution in [1.82, 2.24) is 4.98 Å². The van der Waals surface area contributed by atoms with Gasteiger partial charge in [-0.3, -0.25) is 10.1 Å². The molecule has 14 heavy (non-hydrogen) atoms. The third-order valence-corrected chi connectivity index (χ3v) is 3.26. The first kappa shape index (κ1) is 9.39. The average Bonchev–Trinajstić information content (AvgIpc) is 2.50. The molecular formula is C8H11N3O2S. The number of nitrogens with zero attached hydrogens (tertiary/aromatic N) is 2. The molecule has 1 N–H and O–H groups in total. The van der Waals surface area contributed by atoms with Crippen molar-refractivity contribution >= 4 is 21.5 Å². The van der Waals surface area contributed by atoms with Crippen molar-refractivity contribution in [2.24, 2.45) is 5.92 Å². The highest BCUT2D eigenvalue weighted by atomic mass is 32.1. The van der Waals surface area contributed by atoms with Gasteiger partial charge in [0.2, 0.25) is 0 Å². The SMILES string of the molecule is CC1CC(Nc2ncc([N+](=O)[O-])s2)C1. The van der Waals surface area contributed by atoms with E-state index in [0.717, 1.165) is 30.1 Å². The van der Waals surface area contributed by atoms with E-state index in [1.54, 1.807) is 0 Å². The van der Waals surface area contributed by atoms with Crippen LogP contribution < -0.4 is 5.32 Å². The topological polar surface area (TPSA) is 68.1 Å². The predicted octanol–water partition coefficient (Wildman–Crippen LogP) is 2.26. The second-order valence-electron chi connectivity index (χ2n) is 3.68. The van der Waals surface area contributed by atoms with Crippen LogP contribution in [0.2, 0.25) is 0 Å². The van der Waals surface area contributed by atoms with Crippen LogP contribution in [0.25, 0.3) is 0 Å². The molecule has 0 aliphatic heterocycles. The van der Waals surface area contributed by atoms with Crippen LogP contribution in [-0.4, -0.2) is 15.9 Å². The lowest BCUT2D eigenvalue weighted by Crippen LogP contribution is -2.33. The molecule has 1 aromatic heterocycles. The second kappa shape index (κ2) is 3.53. The fourth-order valence-corrected chi connectivity index (χ4v) is 2.32. The number of hydrogen-bond acceptors (Lipinski definition) is 5. The first-order chi connectivity index (χ1) is 6.65. The Morgan fingerprint density at radius 2 is 2.43 bits per heavy atom. The van der Waals surface area contributed by atoms with Crippen LogP contribution >= 0.6 is 11.3 Å². The summed E-state index contributed by atoms with van der Waals surface area (Å²) in [6.07, 6.45) is 3.57. The Kier molecular flexibility index (Phi) is 2.37. The molecular weight excluding hydrogens is 202 g/mol. The molecule has 2 rings (SSSR count). The average molecular weight is 213 g/mol. The maximum absolute atomic E-state index is 10.4. The summed E-state index contributed by atoms with van der Waals surface area (Å²) in [5.41, 5.74) is 0. The molecule has 0 saturated heterocycles. The summed E-state index contributed by atoms with van der Waals surface area (Å²) in [6.45, 7) is 2.20. The van der Waals surface area contributed by atoms with Crippen LogP contribution in [0.5, 0.6) is 0 Å². The molecule has 0 spiro atoms. The lowest BCUT2D eigenvalue weighted by molar-refractivity contribution is -0.380. The summed E-state index contributed by atoms with van der Waals surface area (Å²) in [5, 5.41) is 14.3. The maximum Gasteiger partial charge on any atom is 0.345 e. The van der Waals surface area contributed by atoms with Gasteiger partial charge in [0.1, 0.15) is 6.20 Å². The summed E-state index contributed by atoms with van der Waals surface area (Å²) in [4.78, 5) is 13.9. The molecule has 76 valence electrons. The fraction of sp³-hybridized carbons (Fsp3) is 0.625. The van der Waals surface area contributed by atoms with E-state index in [4.69, 9.17) is 0 Å². The highest BCUT2D eigenvalue weighted by Gasteiger charge is 2.26. The van der Waals surface area contributed by atoms with E-state index in [1.165, 1.54) is 6.20 Å². The Labute approximate surface area is 85.3 Å². The van der Waals surface area contributed by atoms with Crippen LogP contribution in [0.3, 0.4) is 0 Å². The van der Waals surface area contributed by atoms with Gasteiger partial charge in [-0.25, -0.2) is 4.98 Å². The van der Waals surface area contributed by atoms with Crippen LogP contribution in [-0.2, 0) is 0 Å². The zero-order valence-electron chi connectivity index (χ0n) is 7.77. The summed E-state index contributed by atoms with van der Waals surface area (Å²) >= 11 is 1.10. The van der Waals surface area contributed by atoms with Gasteiger partial charge in [-0.15, -0.1) is 0 Å². The van der Waals surface area contributed by atoms with Gasteiger partial charge in [-0.1, -0.05) is 6.92 Å². The van der Waals surface area contributed by atoms with E-state index in [-0.39, 0.29) is 5.00 Å². The summed E-state index contributed by atoms with van der Waals surface area (Å²) < 4.78 is 0. The van der Waals surface area contributed by atoms with Crippen molar-refractivity contribution in [2.75, 3.05) is 5.32 Å². The van der Waals surface area contributed by atoms with Crippen molar-refractivity contribution in [3.05, 3.63) is 16.3 Å². The van der Waals surface area contributed by atoms with E-state index in [1.807, 2.05) is 0 Å². The molecule has 0 amide bonds. The molecule has 1 aromatic rings. The second-order valence-corrected chi connectivity index (χ2v) is 4.69. The highest BCUT2D eigenvalue weighted by Crippen LogP contribution is 2.32. The van der Waals surface area contributed by atoms with E-state index < -0.39 is 4.92 Å². The first-order valence-electron chi connectivity index (χ1n) is 4.52. The van der Waals surface area contributed by atoms with E-state index in [0.29, 0.717) is 11.2 Å². The molecule has 0 bridgehead atoms. The molecule has 0 radical (unpaired) electrons. The molecule has 0 atom stereocenters. The molecule has 0 aromatic carbocycles. The van der Waals surface area contributed by atoms with Crippen molar-refractivity contribution in [3.8, 4) is 0 Å². The Balaban J connectivity index is 1.93. The summed E-state index contributed by atoms with van der Waals surface area (Å²) in [5.74, 6) is 0.766. The molecule has 1 saturated carbocycles. The molecule has 1 aliphatic rings. The highest BCUT2D eigenvalue weighted by molar-refractivity contribution is 7.18. The van der Waals surface area contributed by atoms with Gasteiger partial charge in [0.15, 0.2) is 5.13 Å². The standard InChI is InChI=1S/C8H11N3O2S/c1-5-2-6(3-5)10-8-9-4-7(14-8)11(12)13/h4-6H,2-3H2,1H3,(H,9,10). The lowest BCUT2D eigenvalue weighted by atomic mass is 9.82. The molecule has 1 heterocycles. The van der Waals surface area contributed by atoms with E-state index in [2.05, 4.69) is 17.2 Å². The van der Waals surface area contributed by atoms with Crippen molar-refractivity contribution < 1.29 is 4.92 Å². The van der Waals surface area contributed by atoms with Gasteiger partial charge in [-0.2, -0.15) is 0 Å². The minimum absolute atomic E-state index is 0.0971. The third-order valence-electron chi connectivity index (χ3n) is 2.37. The van der Waals surface area contributed by atoms with Gasteiger partial charge in [0.25, 0.3) is 0 Å². The summed E-state index contributed by atoms with van der Waals surface area (Å²) in [6, 6.07) is 0.454. The normalized spacial score (nSPS) is 25.5. The molecule has 1 fully saturated rings. The number of hydrogen-bond donors (Lipinski definition) is 1. The number of rotatable bonds is 3. The first-order valence-corrected chi connectivity index (χ1v) is 5.33. The third kappa shape index (κ3) is 1.84. The predicted molar refractivity (Wildman–Crippen MR) is 54.6 cm³/mol. The zero-order chi connectivity index (χ0) is 10.1. The molecule has 0 unspecified atom stereocenters. The maximum atomic E-state index is 10.4. The smallest absolute Gasteiger partial charge is 0.345 e. The van der Waals surface area contributed by atoms with Crippen LogP contribution in [0, 0.1) is 16.0 Å². The van der Waals surface area contributed by atoms with E-state index in [9.17, 15) is 10.1 Å². The number of nitrogens with one attached hydrogen (secondary N) is 1. The minimum Gasteiger partial charge on any atom is -0.359 e. The Morgan fingerprint density at radius 3 is 2.93 bits per heavy atom. The lowest BCUT2D eigenvalue weighted by Gasteiger charge is -2.32. The number of anilines is 1. The number of nitro groups is 1. The number of thiazole rings is 1. The van der Waals surface area contributed by atoms with Gasteiger partial charge < -0.3 is 5.32 Å². The molecule has 1 aliphatic carbocycles. The van der Waals surface area contributed by atoms with Gasteiger partial charge in [-0.05, 0) is 30.1 Å². The Bertz CT molecular complexity index is 346. The van der Waals surface area contributed by atoms with Crippen LogP contribution in [0.15, 0.2) is 6.20 Å². The fourth-order valence-electron chi connectivity index (χ4n) is 1.61. The van der Waals surface area contributed by atoms with Gasteiger partial charge >= 0.3 is 5.00 Å². The molecule has 5 nitrogen and oxygen atoms in total. The minimum atomic E-state index is -0.410. The van der Waals surface area contributed by atoms with Crippen LogP contribution in [0.1, 0.15) is 19.8 Å². The Hall–Kier alpha value is -1.17. The Morgan fingerprint density at radius 1 is 1.71 bits per heavy atom. The summed E-state index contributed by atoms with van der Waals surface area (Å²) in [7, 11) is 0. The van der Waals surface area contributed by atoms with Crippen molar-refractivity contribution in [1.29, 1.82) is 0 Å². The van der Waals surface area contributed by atoms with Gasteiger partial charge in [0, 0.05) is 6.04 Å². The van der Waals surface area contributed by atoms with Gasteiger partial charge in [0.05, 0.1) is 4.92 Å². The monoisotopic (exact) mass is 213 g/mol.